The Balaban J connectivity index is 1.49. The molecule has 3 aromatic rings. The number of fused-ring (bicyclic) bond motifs is 1. The Hall–Kier alpha value is -2.05. The minimum Gasteiger partial charge on any atom is -0.492 e. The molecule has 0 fully saturated rings. The Morgan fingerprint density at radius 2 is 2.04 bits per heavy atom. The molecular weight excluding hydrogens is 364 g/mol. The van der Waals surface area contributed by atoms with Crippen LogP contribution < -0.4 is 10.1 Å². The Morgan fingerprint density at radius 1 is 1.23 bits per heavy atom. The van der Waals surface area contributed by atoms with Gasteiger partial charge in [-0.3, -0.25) is 4.79 Å². The number of ether oxygens (including phenoxy) is 1. The molecule has 1 amide bonds. The first-order valence-corrected chi connectivity index (χ1v) is 10.5. The molecule has 1 heterocycles. The van der Waals surface area contributed by atoms with Gasteiger partial charge in [0.15, 0.2) is 5.13 Å². The number of anilines is 1. The lowest BCUT2D eigenvalue weighted by atomic mass is 10.2. The number of amides is 1. The molecule has 0 saturated carbocycles. The number of aryl methyl sites for hydroxylation is 1. The number of rotatable bonds is 8. The number of carbonyl (C=O) groups excluding carboxylic acids is 1. The fraction of sp³-hybridized carbons (Fsp3) is 0.300. The highest BCUT2D eigenvalue weighted by Crippen LogP contribution is 2.32. The van der Waals surface area contributed by atoms with E-state index < -0.39 is 0 Å². The first-order valence-electron chi connectivity index (χ1n) is 8.67. The smallest absolute Gasteiger partial charge is 0.226 e. The van der Waals surface area contributed by atoms with Crippen LogP contribution in [0.4, 0.5) is 5.13 Å². The van der Waals surface area contributed by atoms with Crippen LogP contribution in [-0.2, 0) is 4.79 Å². The van der Waals surface area contributed by atoms with E-state index in [0.717, 1.165) is 28.1 Å². The Kier molecular flexibility index (Phi) is 6.52. The van der Waals surface area contributed by atoms with Crippen LogP contribution in [0, 0.1) is 6.92 Å². The van der Waals surface area contributed by atoms with Gasteiger partial charge < -0.3 is 10.1 Å². The SMILES string of the molecule is CCOc1cccc2sc(NC(=O)CCCSc3ccc(C)cc3)nc12. The van der Waals surface area contributed by atoms with Crippen LogP contribution in [-0.4, -0.2) is 23.3 Å². The van der Waals surface area contributed by atoms with Crippen LogP contribution in [0.25, 0.3) is 10.2 Å². The van der Waals surface area contributed by atoms with Gasteiger partial charge in [-0.15, -0.1) is 11.8 Å². The van der Waals surface area contributed by atoms with Crippen LogP contribution in [0.3, 0.4) is 0 Å². The summed E-state index contributed by atoms with van der Waals surface area (Å²) in [6.45, 7) is 4.62. The molecule has 0 unspecified atom stereocenters. The first kappa shape index (κ1) is 18.7. The lowest BCUT2D eigenvalue weighted by molar-refractivity contribution is -0.116. The molecule has 4 nitrogen and oxygen atoms in total. The van der Waals surface area contributed by atoms with Crippen molar-refractivity contribution in [2.75, 3.05) is 17.7 Å². The van der Waals surface area contributed by atoms with Gasteiger partial charge in [0, 0.05) is 11.3 Å². The van der Waals surface area contributed by atoms with Crippen molar-refractivity contribution < 1.29 is 9.53 Å². The zero-order chi connectivity index (χ0) is 18.4. The van der Waals surface area contributed by atoms with Crippen molar-refractivity contribution in [2.45, 2.75) is 31.6 Å². The van der Waals surface area contributed by atoms with Crippen molar-refractivity contribution in [1.82, 2.24) is 4.98 Å². The van der Waals surface area contributed by atoms with Crippen molar-refractivity contribution in [1.29, 1.82) is 0 Å². The maximum absolute atomic E-state index is 12.2. The van der Waals surface area contributed by atoms with Crippen molar-refractivity contribution in [3.05, 3.63) is 48.0 Å². The largest absolute Gasteiger partial charge is 0.492 e. The highest BCUT2D eigenvalue weighted by molar-refractivity contribution is 7.99. The summed E-state index contributed by atoms with van der Waals surface area (Å²) in [6.07, 6.45) is 1.33. The van der Waals surface area contributed by atoms with Crippen molar-refractivity contribution in [3.63, 3.8) is 0 Å². The minimum atomic E-state index is 0.00604. The van der Waals surface area contributed by atoms with Gasteiger partial charge >= 0.3 is 0 Å². The second-order valence-corrected chi connectivity index (χ2v) is 8.07. The summed E-state index contributed by atoms with van der Waals surface area (Å²) in [6, 6.07) is 14.3. The molecule has 0 aliphatic carbocycles. The number of thioether (sulfide) groups is 1. The van der Waals surface area contributed by atoms with E-state index in [4.69, 9.17) is 4.74 Å². The quantitative estimate of drug-likeness (QED) is 0.409. The first-order chi connectivity index (χ1) is 12.7. The van der Waals surface area contributed by atoms with Gasteiger partial charge in [-0.2, -0.15) is 0 Å². The lowest BCUT2D eigenvalue weighted by Gasteiger charge is -2.03. The van der Waals surface area contributed by atoms with Crippen LogP contribution >= 0.6 is 23.1 Å². The van der Waals surface area contributed by atoms with E-state index >= 15 is 0 Å². The summed E-state index contributed by atoms with van der Waals surface area (Å²) in [5.74, 6) is 1.69. The number of hydrogen-bond donors (Lipinski definition) is 1. The van der Waals surface area contributed by atoms with E-state index in [1.54, 1.807) is 11.8 Å². The molecule has 0 bridgehead atoms. The number of thiazole rings is 1. The molecule has 0 aliphatic rings. The van der Waals surface area contributed by atoms with E-state index in [9.17, 15) is 4.79 Å². The molecule has 136 valence electrons. The summed E-state index contributed by atoms with van der Waals surface area (Å²) >= 11 is 3.25. The molecule has 0 radical (unpaired) electrons. The zero-order valence-corrected chi connectivity index (χ0v) is 16.6. The molecular formula is C20H22N2O2S2. The average Bonchev–Trinajstić information content (AvgIpc) is 3.04. The number of carbonyl (C=O) groups is 1. The van der Waals surface area contributed by atoms with Crippen molar-refractivity contribution in [2.24, 2.45) is 0 Å². The van der Waals surface area contributed by atoms with Gasteiger partial charge in [-0.25, -0.2) is 4.98 Å². The second-order valence-electron chi connectivity index (χ2n) is 5.87. The van der Waals surface area contributed by atoms with E-state index in [2.05, 4.69) is 41.5 Å². The molecule has 2 aromatic carbocycles. The van der Waals surface area contributed by atoms with Gasteiger partial charge in [0.05, 0.1) is 11.3 Å². The highest BCUT2D eigenvalue weighted by Gasteiger charge is 2.11. The number of para-hydroxylation sites is 1. The maximum atomic E-state index is 12.2. The van der Waals surface area contributed by atoms with E-state index in [-0.39, 0.29) is 5.91 Å². The summed E-state index contributed by atoms with van der Waals surface area (Å²) in [4.78, 5) is 17.9. The Morgan fingerprint density at radius 3 is 2.81 bits per heavy atom. The summed E-state index contributed by atoms with van der Waals surface area (Å²) in [5.41, 5.74) is 2.07. The normalized spacial score (nSPS) is 10.8. The van der Waals surface area contributed by atoms with Crippen LogP contribution in [0.2, 0.25) is 0 Å². The predicted octanol–water partition coefficient (Wildman–Crippen LogP) is 5.51. The highest BCUT2D eigenvalue weighted by atomic mass is 32.2. The topological polar surface area (TPSA) is 51.2 Å². The van der Waals surface area contributed by atoms with E-state index in [1.165, 1.54) is 21.8 Å². The lowest BCUT2D eigenvalue weighted by Crippen LogP contribution is -2.11. The van der Waals surface area contributed by atoms with Gasteiger partial charge in [0.25, 0.3) is 0 Å². The van der Waals surface area contributed by atoms with Gasteiger partial charge in [0.1, 0.15) is 11.3 Å². The average molecular weight is 387 g/mol. The summed E-state index contributed by atoms with van der Waals surface area (Å²) in [7, 11) is 0. The molecule has 0 aliphatic heterocycles. The summed E-state index contributed by atoms with van der Waals surface area (Å²) < 4.78 is 6.61. The second kappa shape index (κ2) is 9.05. The molecule has 26 heavy (non-hydrogen) atoms. The molecule has 3 rings (SSSR count). The molecule has 0 spiro atoms. The number of hydrogen-bond acceptors (Lipinski definition) is 5. The van der Waals surface area contributed by atoms with Gasteiger partial charge in [0.2, 0.25) is 5.91 Å². The zero-order valence-electron chi connectivity index (χ0n) is 15.0. The number of nitrogens with zero attached hydrogens (tertiary/aromatic N) is 1. The van der Waals surface area contributed by atoms with Crippen LogP contribution in [0.1, 0.15) is 25.3 Å². The fourth-order valence-electron chi connectivity index (χ4n) is 2.49. The molecule has 6 heteroatoms. The molecule has 1 N–H and O–H groups in total. The van der Waals surface area contributed by atoms with Crippen molar-refractivity contribution >= 4 is 44.4 Å². The third kappa shape index (κ3) is 4.99. The monoisotopic (exact) mass is 386 g/mol. The van der Waals surface area contributed by atoms with E-state index in [1.807, 2.05) is 25.1 Å². The van der Waals surface area contributed by atoms with Crippen LogP contribution in [0.5, 0.6) is 5.75 Å². The maximum Gasteiger partial charge on any atom is 0.226 e. The van der Waals surface area contributed by atoms with Gasteiger partial charge in [-0.1, -0.05) is 35.1 Å². The predicted molar refractivity (Wildman–Crippen MR) is 111 cm³/mol. The number of benzene rings is 2. The summed E-state index contributed by atoms with van der Waals surface area (Å²) in [5, 5.41) is 3.54. The third-order valence-electron chi connectivity index (χ3n) is 3.77. The Labute approximate surface area is 162 Å². The standard InChI is InChI=1S/C20H22N2O2S2/c1-3-24-16-6-4-7-17-19(16)22-20(26-17)21-18(23)8-5-13-25-15-11-9-14(2)10-12-15/h4,6-7,9-12H,3,5,8,13H2,1-2H3,(H,21,22,23). The number of aromatic nitrogens is 1. The third-order valence-corrected chi connectivity index (χ3v) is 5.80. The molecule has 1 aromatic heterocycles. The number of nitrogens with one attached hydrogen (secondary N) is 1. The molecule has 0 atom stereocenters. The van der Waals surface area contributed by atoms with Crippen molar-refractivity contribution in [3.8, 4) is 5.75 Å². The minimum absolute atomic E-state index is 0.00604. The van der Waals surface area contributed by atoms with Crippen LogP contribution in [0.15, 0.2) is 47.4 Å². The van der Waals surface area contributed by atoms with Gasteiger partial charge in [-0.05, 0) is 50.3 Å². The molecule has 0 saturated heterocycles. The fourth-order valence-corrected chi connectivity index (χ4v) is 4.24. The Bertz CT molecular complexity index is 875. The van der Waals surface area contributed by atoms with E-state index in [0.29, 0.717) is 18.2 Å².